The molecule has 2 N–H and O–H groups in total. The van der Waals surface area contributed by atoms with Crippen molar-refractivity contribution < 1.29 is 9.26 Å². The number of hydrogen-bond donors (Lipinski definition) is 1. The Morgan fingerprint density at radius 2 is 1.93 bits per heavy atom. The summed E-state index contributed by atoms with van der Waals surface area (Å²) in [6, 6.07) is 12.7. The zero-order valence-electron chi connectivity index (χ0n) is 14.7. The van der Waals surface area contributed by atoms with Crippen LogP contribution in [0.1, 0.15) is 17.0 Å². The minimum atomic E-state index is 0.298. The summed E-state index contributed by atoms with van der Waals surface area (Å²) in [5.41, 5.74) is 9.09. The van der Waals surface area contributed by atoms with Crippen molar-refractivity contribution in [2.45, 2.75) is 13.0 Å². The minimum absolute atomic E-state index is 0.298. The van der Waals surface area contributed by atoms with Crippen molar-refractivity contribution in [1.29, 1.82) is 0 Å². The molecule has 0 saturated carbocycles. The second kappa shape index (κ2) is 8.06. The van der Waals surface area contributed by atoms with Gasteiger partial charge in [-0.05, 0) is 29.8 Å². The summed E-state index contributed by atoms with van der Waals surface area (Å²) in [4.78, 5) is 12.6. The van der Waals surface area contributed by atoms with Crippen LogP contribution in [0.2, 0.25) is 5.02 Å². The Bertz CT molecular complexity index is 1080. The van der Waals surface area contributed by atoms with Gasteiger partial charge in [0.05, 0.1) is 17.0 Å². The summed E-state index contributed by atoms with van der Waals surface area (Å²) in [6.45, 7) is 0.298. The topological polar surface area (TPSA) is 100.0 Å². The van der Waals surface area contributed by atoms with Crippen molar-refractivity contribution in [1.82, 2.24) is 20.1 Å². The van der Waals surface area contributed by atoms with Crippen LogP contribution >= 0.6 is 11.6 Å². The van der Waals surface area contributed by atoms with Crippen molar-refractivity contribution in [3.8, 4) is 17.2 Å². The highest BCUT2D eigenvalue weighted by molar-refractivity contribution is 6.30. The number of ether oxygens (including phenoxy) is 1. The summed E-state index contributed by atoms with van der Waals surface area (Å²) < 4.78 is 11.0. The SMILES string of the molecule is Nc1ncccc1-c1cc(Cc2ccc(OCc3cc(Cl)ccn3)nc2)no1. The predicted octanol–water partition coefficient (Wildman–Crippen LogP) is 3.93. The Morgan fingerprint density at radius 1 is 1.00 bits per heavy atom. The second-order valence-electron chi connectivity index (χ2n) is 6.05. The van der Waals surface area contributed by atoms with Crippen LogP contribution in [0.25, 0.3) is 11.3 Å². The monoisotopic (exact) mass is 393 g/mol. The molecule has 0 aliphatic rings. The Balaban J connectivity index is 1.39. The largest absolute Gasteiger partial charge is 0.471 e. The molecule has 140 valence electrons. The molecule has 4 rings (SSSR count). The highest BCUT2D eigenvalue weighted by Gasteiger charge is 2.11. The molecule has 8 heteroatoms. The molecule has 0 saturated heterocycles. The van der Waals surface area contributed by atoms with Gasteiger partial charge >= 0.3 is 0 Å². The van der Waals surface area contributed by atoms with Gasteiger partial charge in [-0.1, -0.05) is 22.8 Å². The highest BCUT2D eigenvalue weighted by Crippen LogP contribution is 2.25. The lowest BCUT2D eigenvalue weighted by Gasteiger charge is -2.05. The first-order valence-electron chi connectivity index (χ1n) is 8.52. The van der Waals surface area contributed by atoms with Gasteiger partial charge in [-0.25, -0.2) is 9.97 Å². The molecule has 0 bridgehead atoms. The van der Waals surface area contributed by atoms with Gasteiger partial charge in [-0.2, -0.15) is 0 Å². The summed E-state index contributed by atoms with van der Waals surface area (Å²) in [6.07, 6.45) is 5.59. The third kappa shape index (κ3) is 4.27. The molecule has 4 aromatic rings. The van der Waals surface area contributed by atoms with Crippen LogP contribution < -0.4 is 10.5 Å². The number of pyridine rings is 3. The average molecular weight is 394 g/mol. The Labute approximate surface area is 166 Å². The first kappa shape index (κ1) is 17.9. The zero-order chi connectivity index (χ0) is 19.3. The normalized spacial score (nSPS) is 10.8. The van der Waals surface area contributed by atoms with Crippen molar-refractivity contribution in [3.05, 3.63) is 83.0 Å². The van der Waals surface area contributed by atoms with Crippen molar-refractivity contribution >= 4 is 17.4 Å². The van der Waals surface area contributed by atoms with E-state index < -0.39 is 0 Å². The molecular weight excluding hydrogens is 378 g/mol. The van der Waals surface area contributed by atoms with Crippen LogP contribution in [0.15, 0.2) is 65.6 Å². The Hall–Kier alpha value is -3.45. The van der Waals surface area contributed by atoms with E-state index in [1.807, 2.05) is 18.2 Å². The number of nitrogens with two attached hydrogens (primary N) is 1. The van der Waals surface area contributed by atoms with E-state index in [0.29, 0.717) is 35.5 Å². The molecule has 4 aromatic heterocycles. The zero-order valence-corrected chi connectivity index (χ0v) is 15.5. The molecule has 0 amide bonds. The van der Waals surface area contributed by atoms with E-state index in [0.717, 1.165) is 22.5 Å². The summed E-state index contributed by atoms with van der Waals surface area (Å²) in [7, 11) is 0. The van der Waals surface area contributed by atoms with Gasteiger partial charge in [0.25, 0.3) is 0 Å². The maximum absolute atomic E-state index is 5.94. The van der Waals surface area contributed by atoms with E-state index in [1.165, 1.54) is 0 Å². The molecule has 0 spiro atoms. The average Bonchev–Trinajstić information content (AvgIpc) is 3.16. The second-order valence-corrected chi connectivity index (χ2v) is 6.49. The molecule has 0 radical (unpaired) electrons. The predicted molar refractivity (Wildman–Crippen MR) is 105 cm³/mol. The molecule has 0 atom stereocenters. The fourth-order valence-electron chi connectivity index (χ4n) is 2.63. The molecule has 0 aromatic carbocycles. The molecular formula is C20H16ClN5O2. The summed E-state index contributed by atoms with van der Waals surface area (Å²) >= 11 is 5.94. The molecule has 4 heterocycles. The Kier molecular flexibility index (Phi) is 5.16. The maximum atomic E-state index is 5.94. The fraction of sp³-hybridized carbons (Fsp3) is 0.100. The van der Waals surface area contributed by atoms with Gasteiger partial charge in [0.1, 0.15) is 12.4 Å². The third-order valence-corrected chi connectivity index (χ3v) is 4.23. The van der Waals surface area contributed by atoms with Gasteiger partial charge < -0.3 is 15.0 Å². The van der Waals surface area contributed by atoms with E-state index >= 15 is 0 Å². The van der Waals surface area contributed by atoms with Gasteiger partial charge in [0.2, 0.25) is 5.88 Å². The maximum Gasteiger partial charge on any atom is 0.213 e. The Morgan fingerprint density at radius 3 is 2.71 bits per heavy atom. The number of nitrogen functional groups attached to an aromatic ring is 1. The van der Waals surface area contributed by atoms with Gasteiger partial charge in [0, 0.05) is 42.2 Å². The van der Waals surface area contributed by atoms with E-state index in [2.05, 4.69) is 20.1 Å². The van der Waals surface area contributed by atoms with Crippen LogP contribution in [0.5, 0.6) is 5.88 Å². The van der Waals surface area contributed by atoms with Crippen molar-refractivity contribution in [3.63, 3.8) is 0 Å². The van der Waals surface area contributed by atoms with Gasteiger partial charge in [0.15, 0.2) is 5.76 Å². The van der Waals surface area contributed by atoms with Crippen molar-refractivity contribution in [2.24, 2.45) is 0 Å². The summed E-state index contributed by atoms with van der Waals surface area (Å²) in [5, 5.41) is 4.72. The highest BCUT2D eigenvalue weighted by atomic mass is 35.5. The van der Waals surface area contributed by atoms with Gasteiger partial charge in [-0.15, -0.1) is 0 Å². The molecule has 0 aliphatic heterocycles. The number of nitrogens with zero attached hydrogens (tertiary/aromatic N) is 4. The molecule has 0 unspecified atom stereocenters. The van der Waals surface area contributed by atoms with E-state index in [-0.39, 0.29) is 0 Å². The standard InChI is InChI=1S/C20H16ClN5O2/c21-14-5-7-23-16(9-14)12-27-19-4-3-13(11-25-19)8-15-10-18(28-26-15)17-2-1-6-24-20(17)22/h1-7,9-11H,8,12H2,(H2,22,24). The number of halogens is 1. The summed E-state index contributed by atoms with van der Waals surface area (Å²) in [5.74, 6) is 1.50. The van der Waals surface area contributed by atoms with E-state index in [1.54, 1.807) is 42.9 Å². The van der Waals surface area contributed by atoms with E-state index in [4.69, 9.17) is 26.6 Å². The first-order valence-corrected chi connectivity index (χ1v) is 8.90. The van der Waals surface area contributed by atoms with Crippen LogP contribution in [0.3, 0.4) is 0 Å². The lowest BCUT2D eigenvalue weighted by atomic mass is 10.1. The van der Waals surface area contributed by atoms with Gasteiger partial charge in [-0.3, -0.25) is 4.98 Å². The lowest BCUT2D eigenvalue weighted by molar-refractivity contribution is 0.289. The van der Waals surface area contributed by atoms with Crippen molar-refractivity contribution in [2.75, 3.05) is 5.73 Å². The number of aromatic nitrogens is 4. The number of rotatable bonds is 6. The molecule has 0 aliphatic carbocycles. The molecule has 28 heavy (non-hydrogen) atoms. The molecule has 0 fully saturated rings. The number of hydrogen-bond acceptors (Lipinski definition) is 7. The fourth-order valence-corrected chi connectivity index (χ4v) is 2.82. The third-order valence-electron chi connectivity index (χ3n) is 3.99. The smallest absolute Gasteiger partial charge is 0.213 e. The van der Waals surface area contributed by atoms with E-state index in [9.17, 15) is 0 Å². The number of anilines is 1. The quantitative estimate of drug-likeness (QED) is 0.529. The van der Waals surface area contributed by atoms with Crippen LogP contribution in [-0.4, -0.2) is 20.1 Å². The molecule has 7 nitrogen and oxygen atoms in total. The lowest BCUT2D eigenvalue weighted by Crippen LogP contribution is -2.00. The first-order chi connectivity index (χ1) is 13.7. The van der Waals surface area contributed by atoms with Crippen LogP contribution in [0.4, 0.5) is 5.82 Å². The van der Waals surface area contributed by atoms with Crippen LogP contribution in [-0.2, 0) is 13.0 Å². The minimum Gasteiger partial charge on any atom is -0.471 e. The van der Waals surface area contributed by atoms with Crippen LogP contribution in [0, 0.1) is 0 Å².